The van der Waals surface area contributed by atoms with Gasteiger partial charge in [0.1, 0.15) is 12.1 Å². The van der Waals surface area contributed by atoms with Crippen molar-refractivity contribution in [3.8, 4) is 0 Å². The zero-order valence-electron chi connectivity index (χ0n) is 14.6. The van der Waals surface area contributed by atoms with Crippen LogP contribution >= 0.6 is 0 Å². The molecule has 1 rings (SSSR count). The summed E-state index contributed by atoms with van der Waals surface area (Å²) in [7, 11) is 0. The van der Waals surface area contributed by atoms with Crippen LogP contribution in [0.4, 0.5) is 0 Å². The predicted octanol–water partition coefficient (Wildman–Crippen LogP) is 1.65. The Hall–Kier alpha value is -1.30. The van der Waals surface area contributed by atoms with E-state index in [1.807, 2.05) is 34.6 Å². The minimum atomic E-state index is -0.471. The fourth-order valence-corrected chi connectivity index (χ4v) is 2.38. The molecule has 0 amide bonds. The molecule has 22 heavy (non-hydrogen) atoms. The van der Waals surface area contributed by atoms with E-state index in [1.54, 1.807) is 0 Å². The van der Waals surface area contributed by atoms with Crippen LogP contribution in [0.1, 0.15) is 41.0 Å². The Morgan fingerprint density at radius 2 is 2.09 bits per heavy atom. The van der Waals surface area contributed by atoms with E-state index in [2.05, 4.69) is 15.2 Å². The van der Waals surface area contributed by atoms with Crippen molar-refractivity contribution in [2.45, 2.75) is 46.6 Å². The smallest absolute Gasteiger partial charge is 0.328 e. The third-order valence-electron chi connectivity index (χ3n) is 3.26. The van der Waals surface area contributed by atoms with Crippen molar-refractivity contribution in [1.29, 1.82) is 0 Å². The molecule has 1 aliphatic rings. The summed E-state index contributed by atoms with van der Waals surface area (Å²) in [4.78, 5) is 18.4. The molecule has 0 aromatic heterocycles. The van der Waals surface area contributed by atoms with Crippen LogP contribution in [0.3, 0.4) is 0 Å². The van der Waals surface area contributed by atoms with Crippen molar-refractivity contribution < 1.29 is 14.3 Å². The molecule has 0 aromatic carbocycles. The van der Waals surface area contributed by atoms with Gasteiger partial charge in [0.25, 0.3) is 0 Å². The largest absolute Gasteiger partial charge is 0.459 e. The van der Waals surface area contributed by atoms with Gasteiger partial charge in [-0.05, 0) is 41.0 Å². The Bertz CT molecular complexity index is 377. The first kappa shape index (κ1) is 18.7. The van der Waals surface area contributed by atoms with Gasteiger partial charge in [-0.25, -0.2) is 4.99 Å². The lowest BCUT2D eigenvalue weighted by Gasteiger charge is -2.22. The molecule has 1 N–H and O–H groups in total. The second-order valence-electron chi connectivity index (χ2n) is 6.52. The summed E-state index contributed by atoms with van der Waals surface area (Å²) >= 11 is 0. The maximum Gasteiger partial charge on any atom is 0.328 e. The monoisotopic (exact) mass is 313 g/mol. The minimum Gasteiger partial charge on any atom is -0.459 e. The van der Waals surface area contributed by atoms with E-state index in [9.17, 15) is 4.79 Å². The van der Waals surface area contributed by atoms with Crippen molar-refractivity contribution in [3.05, 3.63) is 0 Å². The number of likely N-dealkylation sites (tertiary alicyclic amines) is 1. The molecule has 1 saturated heterocycles. The van der Waals surface area contributed by atoms with Gasteiger partial charge in [0.05, 0.1) is 6.61 Å². The molecular weight excluding hydrogens is 282 g/mol. The lowest BCUT2D eigenvalue weighted by atomic mass is 10.1. The number of aliphatic imine (C=N–C) groups is 1. The number of nitrogens with one attached hydrogen (secondary N) is 1. The van der Waals surface area contributed by atoms with Crippen LogP contribution in [-0.4, -0.2) is 61.8 Å². The zero-order chi connectivity index (χ0) is 16.6. The Morgan fingerprint density at radius 3 is 2.68 bits per heavy atom. The standard InChI is InChI=1S/C16H31N3O3/c1-6-17-15(18-10-14(20)22-16(3,4)5)19-9-8-13(11-19)12-21-7-2/h13H,6-12H2,1-5H3,(H,17,18). The van der Waals surface area contributed by atoms with Crippen molar-refractivity contribution in [3.63, 3.8) is 0 Å². The SMILES string of the molecule is CCNC(=NCC(=O)OC(C)(C)C)N1CCC(COCC)C1. The van der Waals surface area contributed by atoms with Crippen molar-refractivity contribution in [2.24, 2.45) is 10.9 Å². The van der Waals surface area contributed by atoms with E-state index >= 15 is 0 Å². The van der Waals surface area contributed by atoms with Crippen LogP contribution in [-0.2, 0) is 14.3 Å². The molecule has 0 spiro atoms. The summed E-state index contributed by atoms with van der Waals surface area (Å²) < 4.78 is 10.8. The van der Waals surface area contributed by atoms with Crippen LogP contribution in [0.15, 0.2) is 4.99 Å². The van der Waals surface area contributed by atoms with Gasteiger partial charge in [-0.3, -0.25) is 4.79 Å². The molecule has 0 bridgehead atoms. The molecule has 128 valence electrons. The summed E-state index contributed by atoms with van der Waals surface area (Å²) in [5.41, 5.74) is -0.471. The number of nitrogens with zero attached hydrogens (tertiary/aromatic N) is 2. The van der Waals surface area contributed by atoms with Crippen molar-refractivity contribution in [1.82, 2.24) is 10.2 Å². The summed E-state index contributed by atoms with van der Waals surface area (Å²) in [6, 6.07) is 0. The van der Waals surface area contributed by atoms with Crippen LogP contribution < -0.4 is 5.32 Å². The Morgan fingerprint density at radius 1 is 1.36 bits per heavy atom. The Balaban J connectivity index is 2.54. The van der Waals surface area contributed by atoms with Gasteiger partial charge in [0.15, 0.2) is 5.96 Å². The third-order valence-corrected chi connectivity index (χ3v) is 3.26. The van der Waals surface area contributed by atoms with Crippen molar-refractivity contribution in [2.75, 3.05) is 39.4 Å². The number of hydrogen-bond acceptors (Lipinski definition) is 4. The Labute approximate surface area is 134 Å². The lowest BCUT2D eigenvalue weighted by molar-refractivity contribution is -0.152. The number of carbonyl (C=O) groups excluding carboxylic acids is 1. The second-order valence-corrected chi connectivity index (χ2v) is 6.52. The quantitative estimate of drug-likeness (QED) is 0.459. The summed E-state index contributed by atoms with van der Waals surface area (Å²) in [5.74, 6) is 1.02. The highest BCUT2D eigenvalue weighted by Gasteiger charge is 2.25. The lowest BCUT2D eigenvalue weighted by Crippen LogP contribution is -2.41. The molecule has 0 aromatic rings. The predicted molar refractivity (Wildman–Crippen MR) is 88.0 cm³/mol. The van der Waals surface area contributed by atoms with E-state index in [-0.39, 0.29) is 12.5 Å². The zero-order valence-corrected chi connectivity index (χ0v) is 14.6. The first-order valence-corrected chi connectivity index (χ1v) is 8.18. The van der Waals surface area contributed by atoms with Crippen LogP contribution in [0, 0.1) is 5.92 Å². The van der Waals surface area contributed by atoms with Gasteiger partial charge in [-0.2, -0.15) is 0 Å². The molecule has 1 fully saturated rings. The fraction of sp³-hybridized carbons (Fsp3) is 0.875. The molecule has 1 aliphatic heterocycles. The fourth-order valence-electron chi connectivity index (χ4n) is 2.38. The first-order valence-electron chi connectivity index (χ1n) is 8.18. The van der Waals surface area contributed by atoms with E-state index in [1.165, 1.54) is 0 Å². The molecule has 1 heterocycles. The third kappa shape index (κ3) is 7.11. The number of ether oxygens (including phenoxy) is 2. The average molecular weight is 313 g/mol. The van der Waals surface area contributed by atoms with Gasteiger partial charge in [-0.15, -0.1) is 0 Å². The topological polar surface area (TPSA) is 63.2 Å². The van der Waals surface area contributed by atoms with Crippen LogP contribution in [0.25, 0.3) is 0 Å². The van der Waals surface area contributed by atoms with Gasteiger partial charge in [0.2, 0.25) is 0 Å². The van der Waals surface area contributed by atoms with Crippen LogP contribution in [0.5, 0.6) is 0 Å². The number of carbonyl (C=O) groups is 1. The number of rotatable bonds is 6. The molecular formula is C16H31N3O3. The van der Waals surface area contributed by atoms with Gasteiger partial charge in [0, 0.05) is 32.2 Å². The Kier molecular flexibility index (Phi) is 7.65. The van der Waals surface area contributed by atoms with Gasteiger partial charge < -0.3 is 19.7 Å². The van der Waals surface area contributed by atoms with E-state index in [4.69, 9.17) is 9.47 Å². The van der Waals surface area contributed by atoms with E-state index in [0.29, 0.717) is 5.92 Å². The normalized spacial score (nSPS) is 19.4. The molecule has 6 heteroatoms. The minimum absolute atomic E-state index is 0.0478. The molecule has 0 radical (unpaired) electrons. The van der Waals surface area contributed by atoms with Gasteiger partial charge >= 0.3 is 5.97 Å². The second kappa shape index (κ2) is 8.98. The highest BCUT2D eigenvalue weighted by molar-refractivity contribution is 5.83. The number of guanidine groups is 1. The molecule has 1 unspecified atom stereocenters. The number of esters is 1. The van der Waals surface area contributed by atoms with E-state index < -0.39 is 5.60 Å². The summed E-state index contributed by atoms with van der Waals surface area (Å²) in [5, 5.41) is 3.25. The molecule has 0 saturated carbocycles. The highest BCUT2D eigenvalue weighted by atomic mass is 16.6. The highest BCUT2D eigenvalue weighted by Crippen LogP contribution is 2.16. The summed E-state index contributed by atoms with van der Waals surface area (Å²) in [6.07, 6.45) is 1.09. The van der Waals surface area contributed by atoms with E-state index in [0.717, 1.165) is 45.2 Å². The summed E-state index contributed by atoms with van der Waals surface area (Å²) in [6.45, 7) is 13.8. The average Bonchev–Trinajstić information content (AvgIpc) is 2.88. The molecule has 0 aliphatic carbocycles. The maximum absolute atomic E-state index is 11.8. The number of hydrogen-bond donors (Lipinski definition) is 1. The molecule has 1 atom stereocenters. The molecule has 6 nitrogen and oxygen atoms in total. The van der Waals surface area contributed by atoms with Crippen LogP contribution in [0.2, 0.25) is 0 Å². The maximum atomic E-state index is 11.8. The van der Waals surface area contributed by atoms with Gasteiger partial charge in [-0.1, -0.05) is 0 Å². The first-order chi connectivity index (χ1) is 10.4. The van der Waals surface area contributed by atoms with Crippen molar-refractivity contribution >= 4 is 11.9 Å².